The van der Waals surface area contributed by atoms with Gasteiger partial charge in [0.2, 0.25) is 10.0 Å². The average Bonchev–Trinajstić information content (AvgIpc) is 2.42. The number of esters is 2. The third-order valence-electron chi connectivity index (χ3n) is 2.51. The summed E-state index contributed by atoms with van der Waals surface area (Å²) in [4.78, 5) is 32.7. The summed E-state index contributed by atoms with van der Waals surface area (Å²) in [6.45, 7) is 0. The zero-order valence-electron chi connectivity index (χ0n) is 11.8. The van der Waals surface area contributed by atoms with Crippen molar-refractivity contribution in [3.8, 4) is 0 Å². The van der Waals surface area contributed by atoms with Gasteiger partial charge in [-0.05, 0) is 12.8 Å². The van der Waals surface area contributed by atoms with Crippen LogP contribution in [0.15, 0.2) is 0 Å². The summed E-state index contributed by atoms with van der Waals surface area (Å²) < 4.78 is 34.1. The minimum Gasteiger partial charge on any atom is -0.480 e. The summed E-state index contributed by atoms with van der Waals surface area (Å²) in [5, 5.41) is 8.92. The molecule has 0 rings (SSSR count). The Labute approximate surface area is 122 Å². The molecular weight excluding hydrogens is 306 g/mol. The number of carboxylic acids is 1. The lowest BCUT2D eigenvalue weighted by Crippen LogP contribution is -2.42. The molecule has 0 spiro atoms. The zero-order chi connectivity index (χ0) is 16.5. The zero-order valence-corrected chi connectivity index (χ0v) is 12.6. The molecule has 0 heterocycles. The van der Waals surface area contributed by atoms with Gasteiger partial charge >= 0.3 is 17.9 Å². The van der Waals surface area contributed by atoms with Gasteiger partial charge in [-0.25, -0.2) is 13.1 Å². The molecule has 9 nitrogen and oxygen atoms in total. The highest BCUT2D eigenvalue weighted by atomic mass is 32.2. The van der Waals surface area contributed by atoms with Crippen molar-refractivity contribution in [2.45, 2.75) is 31.7 Å². The second-order valence-electron chi connectivity index (χ2n) is 4.12. The topological polar surface area (TPSA) is 136 Å². The Morgan fingerprint density at radius 2 is 1.62 bits per heavy atom. The predicted molar refractivity (Wildman–Crippen MR) is 70.8 cm³/mol. The van der Waals surface area contributed by atoms with Gasteiger partial charge in [0.1, 0.15) is 6.04 Å². The van der Waals surface area contributed by atoms with Gasteiger partial charge < -0.3 is 14.6 Å². The molecule has 0 saturated heterocycles. The Morgan fingerprint density at radius 1 is 1.10 bits per heavy atom. The molecule has 0 radical (unpaired) electrons. The van der Waals surface area contributed by atoms with E-state index < -0.39 is 39.7 Å². The third-order valence-corrected chi connectivity index (χ3v) is 3.98. The van der Waals surface area contributed by atoms with Crippen molar-refractivity contribution in [3.63, 3.8) is 0 Å². The third kappa shape index (κ3) is 8.97. The van der Waals surface area contributed by atoms with E-state index >= 15 is 0 Å². The highest BCUT2D eigenvalue weighted by Gasteiger charge is 2.24. The van der Waals surface area contributed by atoms with Gasteiger partial charge in [0.15, 0.2) is 0 Å². The van der Waals surface area contributed by atoms with E-state index in [1.165, 1.54) is 7.11 Å². The number of carbonyl (C=O) groups is 3. The van der Waals surface area contributed by atoms with Gasteiger partial charge in [0, 0.05) is 12.8 Å². The second-order valence-corrected chi connectivity index (χ2v) is 6.00. The molecule has 0 amide bonds. The van der Waals surface area contributed by atoms with Crippen LogP contribution in [-0.4, -0.2) is 57.4 Å². The van der Waals surface area contributed by atoms with Crippen molar-refractivity contribution in [1.82, 2.24) is 4.72 Å². The minimum atomic E-state index is -3.88. The fourth-order valence-electron chi connectivity index (χ4n) is 1.38. The summed E-state index contributed by atoms with van der Waals surface area (Å²) in [6, 6.07) is -1.42. The smallest absolute Gasteiger partial charge is 0.321 e. The number of methoxy groups -OCH3 is 2. The monoisotopic (exact) mass is 325 g/mol. The van der Waals surface area contributed by atoms with Crippen LogP contribution in [0.4, 0.5) is 0 Å². The maximum Gasteiger partial charge on any atom is 0.321 e. The van der Waals surface area contributed by atoms with Crippen LogP contribution in [0.5, 0.6) is 0 Å². The molecule has 0 aliphatic rings. The molecule has 10 heteroatoms. The molecule has 0 aromatic carbocycles. The van der Waals surface area contributed by atoms with Gasteiger partial charge in [-0.1, -0.05) is 0 Å². The van der Waals surface area contributed by atoms with E-state index in [9.17, 15) is 22.8 Å². The molecule has 0 fully saturated rings. The summed E-state index contributed by atoms with van der Waals surface area (Å²) >= 11 is 0. The molecule has 0 aliphatic heterocycles. The maximum atomic E-state index is 11.7. The molecule has 0 aromatic rings. The molecular formula is C11H19NO8S. The van der Waals surface area contributed by atoms with Crippen molar-refractivity contribution >= 4 is 27.9 Å². The van der Waals surface area contributed by atoms with Crippen LogP contribution in [-0.2, 0) is 33.9 Å². The number of carbonyl (C=O) groups excluding carboxylic acids is 2. The summed E-state index contributed by atoms with van der Waals surface area (Å²) in [5.41, 5.74) is 0. The van der Waals surface area contributed by atoms with Crippen LogP contribution in [0.3, 0.4) is 0 Å². The minimum absolute atomic E-state index is 0.00530. The summed E-state index contributed by atoms with van der Waals surface area (Å²) in [6.07, 6.45) is -0.529. The van der Waals surface area contributed by atoms with Crippen molar-refractivity contribution in [2.24, 2.45) is 0 Å². The number of ether oxygens (including phenoxy) is 2. The van der Waals surface area contributed by atoms with Gasteiger partial charge in [0.05, 0.1) is 20.0 Å². The Kier molecular flexibility index (Phi) is 8.55. The van der Waals surface area contributed by atoms with Gasteiger partial charge in [-0.2, -0.15) is 0 Å². The quantitative estimate of drug-likeness (QED) is 0.501. The SMILES string of the molecule is COC(=O)CCCS(=O)(=O)N[C@@H](CCC(=O)OC)C(=O)O. The molecule has 2 N–H and O–H groups in total. The van der Waals surface area contributed by atoms with Crippen molar-refractivity contribution in [1.29, 1.82) is 0 Å². The summed E-state index contributed by atoms with van der Waals surface area (Å²) in [7, 11) is -1.54. The number of sulfonamides is 1. The highest BCUT2D eigenvalue weighted by molar-refractivity contribution is 7.89. The van der Waals surface area contributed by atoms with Crippen molar-refractivity contribution in [2.75, 3.05) is 20.0 Å². The molecule has 0 unspecified atom stereocenters. The normalized spacial score (nSPS) is 12.5. The van der Waals surface area contributed by atoms with Gasteiger partial charge in [-0.15, -0.1) is 0 Å². The van der Waals surface area contributed by atoms with Gasteiger partial charge in [0.25, 0.3) is 0 Å². The fraction of sp³-hybridized carbons (Fsp3) is 0.727. The number of rotatable bonds is 10. The van der Waals surface area contributed by atoms with E-state index in [0.29, 0.717) is 0 Å². The lowest BCUT2D eigenvalue weighted by atomic mass is 10.2. The van der Waals surface area contributed by atoms with Crippen LogP contribution < -0.4 is 4.72 Å². The number of nitrogens with one attached hydrogen (secondary N) is 1. The second kappa shape index (κ2) is 9.29. The number of carboxylic acid groups (broad SMARTS) is 1. The van der Waals surface area contributed by atoms with Crippen molar-refractivity contribution in [3.05, 3.63) is 0 Å². The maximum absolute atomic E-state index is 11.7. The number of hydrogen-bond acceptors (Lipinski definition) is 7. The van der Waals surface area contributed by atoms with E-state index in [-0.39, 0.29) is 25.7 Å². The number of hydrogen-bond donors (Lipinski definition) is 2. The van der Waals surface area contributed by atoms with E-state index in [4.69, 9.17) is 5.11 Å². The Morgan fingerprint density at radius 3 is 2.10 bits per heavy atom. The van der Waals surface area contributed by atoms with Crippen LogP contribution in [0.25, 0.3) is 0 Å². The molecule has 0 bridgehead atoms. The molecule has 0 saturated carbocycles. The van der Waals surface area contributed by atoms with Crippen LogP contribution in [0, 0.1) is 0 Å². The largest absolute Gasteiger partial charge is 0.480 e. The molecule has 0 aromatic heterocycles. The first kappa shape index (κ1) is 19.3. The van der Waals surface area contributed by atoms with Crippen LogP contribution in [0.2, 0.25) is 0 Å². The van der Waals surface area contributed by atoms with E-state index in [2.05, 4.69) is 9.47 Å². The van der Waals surface area contributed by atoms with Crippen LogP contribution in [0.1, 0.15) is 25.7 Å². The molecule has 122 valence electrons. The van der Waals surface area contributed by atoms with Crippen LogP contribution >= 0.6 is 0 Å². The highest BCUT2D eigenvalue weighted by Crippen LogP contribution is 2.04. The Balaban J connectivity index is 4.44. The first-order valence-corrected chi connectivity index (χ1v) is 7.73. The van der Waals surface area contributed by atoms with Gasteiger partial charge in [-0.3, -0.25) is 14.4 Å². The average molecular weight is 325 g/mol. The van der Waals surface area contributed by atoms with Crippen molar-refractivity contribution < 1.29 is 37.4 Å². The molecule has 21 heavy (non-hydrogen) atoms. The van der Waals surface area contributed by atoms with E-state index in [1.54, 1.807) is 0 Å². The molecule has 0 aliphatic carbocycles. The Bertz CT molecular complexity index is 473. The lowest BCUT2D eigenvalue weighted by molar-refractivity contribution is -0.142. The Hall–Kier alpha value is -1.68. The van der Waals surface area contributed by atoms with E-state index in [0.717, 1.165) is 7.11 Å². The van der Waals surface area contributed by atoms with E-state index in [1.807, 2.05) is 4.72 Å². The first-order valence-electron chi connectivity index (χ1n) is 6.08. The fourth-order valence-corrected chi connectivity index (χ4v) is 2.68. The number of aliphatic carboxylic acids is 1. The first-order chi connectivity index (χ1) is 9.71. The summed E-state index contributed by atoms with van der Waals surface area (Å²) in [5.74, 6) is -2.99. The standard InChI is InChI=1S/C11H19NO8S/c1-19-9(13)4-3-7-21(17,18)12-8(11(15)16)5-6-10(14)20-2/h8,12H,3-7H2,1-2H3,(H,15,16)/t8-/m0/s1. The lowest BCUT2D eigenvalue weighted by Gasteiger charge is -2.14. The molecule has 1 atom stereocenters. The predicted octanol–water partition coefficient (Wildman–Crippen LogP) is -0.735.